The van der Waals surface area contributed by atoms with Gasteiger partial charge in [0.15, 0.2) is 0 Å². The average Bonchev–Trinajstić information content (AvgIpc) is 2.69. The zero-order valence-corrected chi connectivity index (χ0v) is 16.2. The molecule has 0 saturated carbocycles. The van der Waals surface area contributed by atoms with Crippen LogP contribution in [0.25, 0.3) is 11.0 Å². The summed E-state index contributed by atoms with van der Waals surface area (Å²) in [6, 6.07) is 3.32. The molecule has 8 heteroatoms. The van der Waals surface area contributed by atoms with E-state index in [1.807, 2.05) is 0 Å². The van der Waals surface area contributed by atoms with E-state index >= 15 is 0 Å². The Labute approximate surface area is 162 Å². The number of nitrogens with two attached hydrogens (primary N) is 1. The summed E-state index contributed by atoms with van der Waals surface area (Å²) in [6.45, 7) is 2.67. The van der Waals surface area contributed by atoms with Gasteiger partial charge in [-0.1, -0.05) is 0 Å². The van der Waals surface area contributed by atoms with Gasteiger partial charge in [-0.25, -0.2) is 4.79 Å². The van der Waals surface area contributed by atoms with Gasteiger partial charge in [-0.05, 0) is 25.3 Å². The fraction of sp³-hybridized carbons (Fsp3) is 0.450. The van der Waals surface area contributed by atoms with E-state index in [0.29, 0.717) is 59.5 Å². The van der Waals surface area contributed by atoms with Crippen molar-refractivity contribution in [3.8, 4) is 11.5 Å². The topological polar surface area (TPSA) is 112 Å². The SMILES string of the molecule is COc1cc(OC)c2c(C)c(CC(=O)N3CCC(C(N)=O)CC3)c(=O)oc2c1. The second-order valence-electron chi connectivity index (χ2n) is 6.93. The zero-order chi connectivity index (χ0) is 20.4. The Morgan fingerprint density at radius 1 is 1.21 bits per heavy atom. The predicted molar refractivity (Wildman–Crippen MR) is 103 cm³/mol. The van der Waals surface area contributed by atoms with Crippen LogP contribution in [0.5, 0.6) is 11.5 Å². The summed E-state index contributed by atoms with van der Waals surface area (Å²) in [4.78, 5) is 38.2. The van der Waals surface area contributed by atoms with E-state index < -0.39 is 5.63 Å². The quantitative estimate of drug-likeness (QED) is 0.775. The molecule has 0 spiro atoms. The predicted octanol–water partition coefficient (Wildman–Crippen LogP) is 1.39. The standard InChI is InChI=1S/C20H24N2O6/c1-11-14(10-17(23)22-6-4-12(5-7-22)19(21)24)20(25)28-16-9-13(26-2)8-15(27-3)18(11)16/h8-9,12H,4-7,10H2,1-3H3,(H2,21,24). The number of primary amides is 1. The van der Waals surface area contributed by atoms with E-state index in [1.165, 1.54) is 14.2 Å². The molecule has 3 rings (SSSR count). The number of piperidine rings is 1. The molecule has 1 saturated heterocycles. The van der Waals surface area contributed by atoms with Gasteiger partial charge in [-0.15, -0.1) is 0 Å². The molecule has 2 amide bonds. The number of benzene rings is 1. The second-order valence-corrected chi connectivity index (χ2v) is 6.93. The number of fused-ring (bicyclic) bond motifs is 1. The van der Waals surface area contributed by atoms with Crippen molar-refractivity contribution in [1.29, 1.82) is 0 Å². The molecule has 0 radical (unpaired) electrons. The van der Waals surface area contributed by atoms with Crippen LogP contribution in [-0.2, 0) is 16.0 Å². The van der Waals surface area contributed by atoms with Crippen LogP contribution in [0.2, 0.25) is 0 Å². The molecule has 0 bridgehead atoms. The van der Waals surface area contributed by atoms with Crippen LogP contribution in [0.3, 0.4) is 0 Å². The molecule has 1 aliphatic heterocycles. The molecule has 1 fully saturated rings. The van der Waals surface area contributed by atoms with Crippen LogP contribution < -0.4 is 20.8 Å². The Balaban J connectivity index is 1.90. The fourth-order valence-electron chi connectivity index (χ4n) is 3.64. The lowest BCUT2D eigenvalue weighted by atomic mass is 9.95. The molecule has 1 aliphatic rings. The number of methoxy groups -OCH3 is 2. The first-order chi connectivity index (χ1) is 13.3. The van der Waals surface area contributed by atoms with Gasteiger partial charge >= 0.3 is 5.63 Å². The first-order valence-corrected chi connectivity index (χ1v) is 9.11. The van der Waals surface area contributed by atoms with Gasteiger partial charge in [0.1, 0.15) is 17.1 Å². The monoisotopic (exact) mass is 388 g/mol. The number of rotatable bonds is 5. The number of aryl methyl sites for hydroxylation is 1. The maximum atomic E-state index is 12.7. The minimum Gasteiger partial charge on any atom is -0.496 e. The third-order valence-electron chi connectivity index (χ3n) is 5.35. The van der Waals surface area contributed by atoms with Crippen molar-refractivity contribution in [1.82, 2.24) is 4.90 Å². The fourth-order valence-corrected chi connectivity index (χ4v) is 3.64. The molecule has 150 valence electrons. The Morgan fingerprint density at radius 3 is 2.46 bits per heavy atom. The van der Waals surface area contributed by atoms with E-state index in [9.17, 15) is 14.4 Å². The molecule has 2 N–H and O–H groups in total. The minimum absolute atomic E-state index is 0.0689. The van der Waals surface area contributed by atoms with Gasteiger partial charge in [-0.3, -0.25) is 9.59 Å². The van der Waals surface area contributed by atoms with Crippen LogP contribution >= 0.6 is 0 Å². The molecule has 2 heterocycles. The normalized spacial score (nSPS) is 14.9. The molecule has 1 aromatic heterocycles. The molecule has 0 atom stereocenters. The Kier molecular flexibility index (Phi) is 5.58. The van der Waals surface area contributed by atoms with Gasteiger partial charge in [0.05, 0.1) is 31.6 Å². The first-order valence-electron chi connectivity index (χ1n) is 9.11. The molecule has 0 unspecified atom stereocenters. The zero-order valence-electron chi connectivity index (χ0n) is 16.2. The molecule has 28 heavy (non-hydrogen) atoms. The highest BCUT2D eigenvalue weighted by atomic mass is 16.5. The summed E-state index contributed by atoms with van der Waals surface area (Å²) in [5.74, 6) is 0.307. The first kappa shape index (κ1) is 19.7. The number of nitrogens with zero attached hydrogens (tertiary/aromatic N) is 1. The summed E-state index contributed by atoms with van der Waals surface area (Å²) < 4.78 is 16.1. The summed E-state index contributed by atoms with van der Waals surface area (Å²) in [6.07, 6.45) is 1.01. The van der Waals surface area contributed by atoms with Crippen LogP contribution in [-0.4, -0.2) is 44.0 Å². The molecule has 2 aromatic rings. The van der Waals surface area contributed by atoms with E-state index in [0.717, 1.165) is 0 Å². The number of ether oxygens (including phenoxy) is 2. The third-order valence-corrected chi connectivity index (χ3v) is 5.35. The van der Waals surface area contributed by atoms with E-state index in [-0.39, 0.29) is 24.2 Å². The largest absolute Gasteiger partial charge is 0.496 e. The van der Waals surface area contributed by atoms with Crippen molar-refractivity contribution in [3.05, 3.63) is 33.7 Å². The summed E-state index contributed by atoms with van der Waals surface area (Å²) >= 11 is 0. The van der Waals surface area contributed by atoms with Crippen molar-refractivity contribution in [2.24, 2.45) is 11.7 Å². The lowest BCUT2D eigenvalue weighted by molar-refractivity contribution is -0.134. The Morgan fingerprint density at radius 2 is 1.89 bits per heavy atom. The maximum Gasteiger partial charge on any atom is 0.340 e. The average molecular weight is 388 g/mol. The number of likely N-dealkylation sites (tertiary alicyclic amines) is 1. The summed E-state index contributed by atoms with van der Waals surface area (Å²) in [5, 5.41) is 0.637. The molecule has 1 aromatic carbocycles. The molecular formula is C20H24N2O6. The number of carbonyl (C=O) groups excluding carboxylic acids is 2. The van der Waals surface area contributed by atoms with Crippen molar-refractivity contribution in [3.63, 3.8) is 0 Å². The minimum atomic E-state index is -0.555. The Bertz CT molecular complexity index is 973. The van der Waals surface area contributed by atoms with Crippen molar-refractivity contribution in [2.75, 3.05) is 27.3 Å². The highest BCUT2D eigenvalue weighted by molar-refractivity contribution is 5.90. The number of carbonyl (C=O) groups is 2. The summed E-state index contributed by atoms with van der Waals surface area (Å²) in [5.41, 5.74) is 6.07. The van der Waals surface area contributed by atoms with E-state index in [1.54, 1.807) is 24.0 Å². The number of hydrogen-bond acceptors (Lipinski definition) is 6. The van der Waals surface area contributed by atoms with Gasteiger partial charge in [0.25, 0.3) is 0 Å². The third kappa shape index (κ3) is 3.67. The molecule has 8 nitrogen and oxygen atoms in total. The lowest BCUT2D eigenvalue weighted by Crippen LogP contribution is -2.42. The summed E-state index contributed by atoms with van der Waals surface area (Å²) in [7, 11) is 3.03. The smallest absolute Gasteiger partial charge is 0.340 e. The van der Waals surface area contributed by atoms with Crippen molar-refractivity contribution >= 4 is 22.8 Å². The van der Waals surface area contributed by atoms with Crippen molar-refractivity contribution < 1.29 is 23.5 Å². The van der Waals surface area contributed by atoms with Crippen molar-refractivity contribution in [2.45, 2.75) is 26.2 Å². The van der Waals surface area contributed by atoms with Crippen LogP contribution in [0.1, 0.15) is 24.0 Å². The highest BCUT2D eigenvalue weighted by Crippen LogP contribution is 2.34. The van der Waals surface area contributed by atoms with E-state index in [4.69, 9.17) is 19.6 Å². The number of hydrogen-bond donors (Lipinski definition) is 1. The van der Waals surface area contributed by atoms with E-state index in [2.05, 4.69) is 0 Å². The number of amides is 2. The second kappa shape index (κ2) is 7.92. The molecular weight excluding hydrogens is 364 g/mol. The highest BCUT2D eigenvalue weighted by Gasteiger charge is 2.27. The maximum absolute atomic E-state index is 12.7. The van der Waals surface area contributed by atoms with Crippen LogP contribution in [0, 0.1) is 12.8 Å². The van der Waals surface area contributed by atoms with Gasteiger partial charge < -0.3 is 24.5 Å². The van der Waals surface area contributed by atoms with Gasteiger partial charge in [0, 0.05) is 31.1 Å². The van der Waals surface area contributed by atoms with Crippen LogP contribution in [0.4, 0.5) is 0 Å². The molecule has 0 aliphatic carbocycles. The van der Waals surface area contributed by atoms with Gasteiger partial charge in [-0.2, -0.15) is 0 Å². The van der Waals surface area contributed by atoms with Crippen LogP contribution in [0.15, 0.2) is 21.3 Å². The Hall–Kier alpha value is -3.03. The lowest BCUT2D eigenvalue weighted by Gasteiger charge is -2.30. The van der Waals surface area contributed by atoms with Gasteiger partial charge in [0.2, 0.25) is 11.8 Å².